The van der Waals surface area contributed by atoms with E-state index in [-0.39, 0.29) is 0 Å². The van der Waals surface area contributed by atoms with Crippen molar-refractivity contribution in [3.05, 3.63) is 11.6 Å². The third kappa shape index (κ3) is 1.86. The highest BCUT2D eigenvalue weighted by molar-refractivity contribution is 6.20. The molecule has 4 aliphatic rings. The molecule has 0 aromatic carbocycles. The minimum absolute atomic E-state index is 0.425. The second-order valence-corrected chi connectivity index (χ2v) is 9.07. The van der Waals surface area contributed by atoms with Crippen LogP contribution in [0.25, 0.3) is 0 Å². The van der Waals surface area contributed by atoms with E-state index in [9.17, 15) is 0 Å². The highest BCUT2D eigenvalue weighted by Crippen LogP contribution is 2.63. The van der Waals surface area contributed by atoms with Gasteiger partial charge in [-0.05, 0) is 86.4 Å². The Morgan fingerprint density at radius 1 is 1.10 bits per heavy atom. The first-order valence-electron chi connectivity index (χ1n) is 8.92. The number of alkyl halides is 1. The van der Waals surface area contributed by atoms with Crippen LogP contribution < -0.4 is 0 Å². The van der Waals surface area contributed by atoms with Gasteiger partial charge in [0.05, 0.1) is 0 Å². The molecule has 0 nitrogen and oxygen atoms in total. The normalized spacial score (nSPS) is 54.6. The molecule has 0 aliphatic heterocycles. The van der Waals surface area contributed by atoms with Crippen molar-refractivity contribution in [1.82, 2.24) is 0 Å². The average molecular weight is 293 g/mol. The predicted molar refractivity (Wildman–Crippen MR) is 85.9 cm³/mol. The Morgan fingerprint density at radius 2 is 1.95 bits per heavy atom. The summed E-state index contributed by atoms with van der Waals surface area (Å²) in [4.78, 5) is 0. The fraction of sp³-hybridized carbons (Fsp3) is 0.895. The molecule has 1 heteroatoms. The smallest absolute Gasteiger partial charge is 0.0373 e. The lowest BCUT2D eigenvalue weighted by atomic mass is 9.52. The van der Waals surface area contributed by atoms with Gasteiger partial charge in [0.15, 0.2) is 0 Å². The maximum atomic E-state index is 6.40. The maximum absolute atomic E-state index is 6.40. The van der Waals surface area contributed by atoms with Crippen molar-refractivity contribution in [2.24, 2.45) is 35.0 Å². The van der Waals surface area contributed by atoms with E-state index in [0.29, 0.717) is 10.8 Å². The van der Waals surface area contributed by atoms with Crippen LogP contribution in [0.2, 0.25) is 0 Å². The Labute approximate surface area is 129 Å². The van der Waals surface area contributed by atoms with Gasteiger partial charge in [-0.1, -0.05) is 25.5 Å². The van der Waals surface area contributed by atoms with E-state index < -0.39 is 0 Å². The molecule has 3 saturated carbocycles. The Kier molecular flexibility index (Phi) is 3.26. The minimum Gasteiger partial charge on any atom is -0.123 e. The Morgan fingerprint density at radius 3 is 2.80 bits per heavy atom. The summed E-state index contributed by atoms with van der Waals surface area (Å²) < 4.78 is 0. The molecule has 0 spiro atoms. The van der Waals surface area contributed by atoms with E-state index in [4.69, 9.17) is 11.6 Å². The summed E-state index contributed by atoms with van der Waals surface area (Å²) >= 11 is 6.40. The van der Waals surface area contributed by atoms with Crippen molar-refractivity contribution >= 4 is 11.6 Å². The SMILES string of the molecule is CC1CCC2C3CC=C4CC(Cl)CCC4C3CCC12C. The first kappa shape index (κ1) is 13.7. The van der Waals surface area contributed by atoms with E-state index in [0.717, 1.165) is 29.6 Å². The van der Waals surface area contributed by atoms with Gasteiger partial charge >= 0.3 is 0 Å². The highest BCUT2D eigenvalue weighted by atomic mass is 35.5. The zero-order chi connectivity index (χ0) is 13.9. The van der Waals surface area contributed by atoms with Gasteiger partial charge in [-0.3, -0.25) is 0 Å². The van der Waals surface area contributed by atoms with Crippen LogP contribution >= 0.6 is 11.6 Å². The van der Waals surface area contributed by atoms with Crippen LogP contribution in [0.15, 0.2) is 11.6 Å². The van der Waals surface area contributed by atoms with Crippen LogP contribution in [-0.2, 0) is 0 Å². The van der Waals surface area contributed by atoms with E-state index in [2.05, 4.69) is 19.9 Å². The van der Waals surface area contributed by atoms with Gasteiger partial charge in [-0.15, -0.1) is 11.6 Å². The first-order valence-corrected chi connectivity index (χ1v) is 9.36. The van der Waals surface area contributed by atoms with Gasteiger partial charge in [0.2, 0.25) is 0 Å². The molecule has 0 bridgehead atoms. The van der Waals surface area contributed by atoms with E-state index in [1.165, 1.54) is 51.4 Å². The van der Waals surface area contributed by atoms with Crippen molar-refractivity contribution in [3.63, 3.8) is 0 Å². The first-order chi connectivity index (χ1) is 9.59. The van der Waals surface area contributed by atoms with Gasteiger partial charge in [-0.25, -0.2) is 0 Å². The van der Waals surface area contributed by atoms with Crippen LogP contribution in [0.5, 0.6) is 0 Å². The topological polar surface area (TPSA) is 0 Å². The van der Waals surface area contributed by atoms with Crippen molar-refractivity contribution < 1.29 is 0 Å². The number of hydrogen-bond acceptors (Lipinski definition) is 0. The van der Waals surface area contributed by atoms with Crippen molar-refractivity contribution in [1.29, 1.82) is 0 Å². The van der Waals surface area contributed by atoms with Crippen molar-refractivity contribution in [3.8, 4) is 0 Å². The molecular formula is C19H29Cl. The summed E-state index contributed by atoms with van der Waals surface area (Å²) in [5.41, 5.74) is 2.41. The molecule has 20 heavy (non-hydrogen) atoms. The monoisotopic (exact) mass is 292 g/mol. The molecule has 0 amide bonds. The second kappa shape index (κ2) is 4.77. The van der Waals surface area contributed by atoms with E-state index in [1.807, 2.05) is 0 Å². The number of halogens is 1. The third-order valence-corrected chi connectivity index (χ3v) is 8.23. The zero-order valence-electron chi connectivity index (χ0n) is 13.1. The molecule has 7 atom stereocenters. The fourth-order valence-corrected chi connectivity index (χ4v) is 6.79. The number of rotatable bonds is 0. The van der Waals surface area contributed by atoms with Crippen LogP contribution in [0, 0.1) is 35.0 Å². The molecule has 0 aromatic heterocycles. The van der Waals surface area contributed by atoms with E-state index >= 15 is 0 Å². The van der Waals surface area contributed by atoms with Crippen LogP contribution in [0.3, 0.4) is 0 Å². The van der Waals surface area contributed by atoms with Gasteiger partial charge in [-0.2, -0.15) is 0 Å². The van der Waals surface area contributed by atoms with Gasteiger partial charge in [0, 0.05) is 5.38 Å². The van der Waals surface area contributed by atoms with Crippen LogP contribution in [0.1, 0.15) is 65.2 Å². The molecule has 0 heterocycles. The number of fused-ring (bicyclic) bond motifs is 5. The van der Waals surface area contributed by atoms with Crippen molar-refractivity contribution in [2.75, 3.05) is 0 Å². The van der Waals surface area contributed by atoms with E-state index in [1.54, 1.807) is 5.57 Å². The Balaban J connectivity index is 1.62. The molecule has 7 unspecified atom stereocenters. The lowest BCUT2D eigenvalue weighted by Gasteiger charge is -2.53. The molecule has 0 radical (unpaired) electrons. The number of allylic oxidation sites excluding steroid dienone is 2. The third-order valence-electron chi connectivity index (χ3n) is 7.86. The molecular weight excluding hydrogens is 264 g/mol. The van der Waals surface area contributed by atoms with Crippen LogP contribution in [0.4, 0.5) is 0 Å². The van der Waals surface area contributed by atoms with Gasteiger partial charge in [0.1, 0.15) is 0 Å². The van der Waals surface area contributed by atoms with Gasteiger partial charge < -0.3 is 0 Å². The highest BCUT2D eigenvalue weighted by Gasteiger charge is 2.54. The standard InChI is InChI=1S/C19H29Cl/c1-12-3-8-18-17-6-4-13-11-14(20)5-7-15(13)16(17)9-10-19(12,18)2/h4,12,14-18H,3,5-11H2,1-2H3. The second-order valence-electron chi connectivity index (χ2n) is 8.46. The summed E-state index contributed by atoms with van der Waals surface area (Å²) in [5.74, 6) is 4.88. The summed E-state index contributed by atoms with van der Waals surface area (Å²) in [7, 11) is 0. The summed E-state index contributed by atoms with van der Waals surface area (Å²) in [6.07, 6.45) is 13.8. The number of hydrogen-bond donors (Lipinski definition) is 0. The molecule has 4 rings (SSSR count). The predicted octanol–water partition coefficient (Wildman–Crippen LogP) is 5.80. The molecule has 4 aliphatic carbocycles. The largest absolute Gasteiger partial charge is 0.123 e. The molecule has 0 N–H and O–H groups in total. The zero-order valence-corrected chi connectivity index (χ0v) is 13.8. The molecule has 112 valence electrons. The lowest BCUT2D eigenvalue weighted by molar-refractivity contribution is -0.00828. The summed E-state index contributed by atoms with van der Waals surface area (Å²) in [5, 5.41) is 0.425. The Bertz CT molecular complexity index is 425. The summed E-state index contributed by atoms with van der Waals surface area (Å²) in [6.45, 7) is 5.13. The molecule has 3 fully saturated rings. The molecule has 0 aromatic rings. The fourth-order valence-electron chi connectivity index (χ4n) is 6.48. The minimum atomic E-state index is 0.425. The lowest BCUT2D eigenvalue weighted by Crippen LogP contribution is -2.45. The van der Waals surface area contributed by atoms with Crippen LogP contribution in [-0.4, -0.2) is 5.38 Å². The average Bonchev–Trinajstić information content (AvgIpc) is 2.74. The quantitative estimate of drug-likeness (QED) is 0.391. The molecule has 0 saturated heterocycles. The maximum Gasteiger partial charge on any atom is 0.0373 e. The Hall–Kier alpha value is 0.0300. The summed E-state index contributed by atoms with van der Waals surface area (Å²) in [6, 6.07) is 0. The van der Waals surface area contributed by atoms with Crippen molar-refractivity contribution in [2.45, 2.75) is 70.6 Å². The van der Waals surface area contributed by atoms with Gasteiger partial charge in [0.25, 0.3) is 0 Å².